The highest BCUT2D eigenvalue weighted by Gasteiger charge is 2.22. The zero-order valence-electron chi connectivity index (χ0n) is 16.6. The second-order valence-electron chi connectivity index (χ2n) is 6.46. The molecule has 0 aliphatic heterocycles. The van der Waals surface area contributed by atoms with Crippen molar-refractivity contribution in [3.63, 3.8) is 0 Å². The van der Waals surface area contributed by atoms with Crippen LogP contribution in [0.25, 0.3) is 0 Å². The molecule has 0 aliphatic carbocycles. The van der Waals surface area contributed by atoms with Crippen LogP contribution in [-0.4, -0.2) is 25.2 Å². The van der Waals surface area contributed by atoms with E-state index in [0.29, 0.717) is 34.7 Å². The van der Waals surface area contributed by atoms with Crippen LogP contribution in [0.2, 0.25) is 10.0 Å². The van der Waals surface area contributed by atoms with Crippen LogP contribution in [0.1, 0.15) is 39.3 Å². The third-order valence-electron chi connectivity index (χ3n) is 4.27. The number of quaternary nitrogens is 1. The Hall–Kier alpha value is -1.95. The molecule has 5 nitrogen and oxygen atoms in total. The highest BCUT2D eigenvalue weighted by atomic mass is 35.5. The van der Waals surface area contributed by atoms with Gasteiger partial charge in [0.05, 0.1) is 23.9 Å². The first-order chi connectivity index (χ1) is 13.3. The van der Waals surface area contributed by atoms with E-state index in [2.05, 4.69) is 5.32 Å². The van der Waals surface area contributed by atoms with Crippen LogP contribution in [0.4, 0.5) is 5.69 Å². The van der Waals surface area contributed by atoms with Gasteiger partial charge in [-0.3, -0.25) is 4.79 Å². The van der Waals surface area contributed by atoms with Gasteiger partial charge in [0.25, 0.3) is 5.91 Å². The van der Waals surface area contributed by atoms with Crippen molar-refractivity contribution in [3.05, 3.63) is 52.0 Å². The molecule has 1 amide bonds. The first kappa shape index (κ1) is 22.3. The summed E-state index contributed by atoms with van der Waals surface area (Å²) < 4.78 is 11.3. The number of halogens is 2. The molecule has 3 N–H and O–H groups in total. The lowest BCUT2D eigenvalue weighted by molar-refractivity contribution is -0.709. The van der Waals surface area contributed by atoms with Crippen LogP contribution < -0.4 is 20.1 Å². The summed E-state index contributed by atoms with van der Waals surface area (Å²) in [5, 5.41) is 5.77. The number of nitrogens with two attached hydrogens (primary N) is 1. The van der Waals surface area contributed by atoms with E-state index >= 15 is 0 Å². The van der Waals surface area contributed by atoms with Crippen molar-refractivity contribution in [2.24, 2.45) is 0 Å². The number of nitrogens with one attached hydrogen (secondary N) is 1. The summed E-state index contributed by atoms with van der Waals surface area (Å²) in [6, 6.07) is 10.6. The van der Waals surface area contributed by atoms with Crippen molar-refractivity contribution >= 4 is 34.8 Å². The molecule has 0 radical (unpaired) electrons. The van der Waals surface area contributed by atoms with E-state index in [4.69, 9.17) is 32.7 Å². The Morgan fingerprint density at radius 2 is 1.71 bits per heavy atom. The maximum Gasteiger partial charge on any atom is 0.282 e. The topological polar surface area (TPSA) is 64.2 Å². The third kappa shape index (κ3) is 6.03. The second kappa shape index (κ2) is 10.6. The fourth-order valence-corrected chi connectivity index (χ4v) is 3.28. The number of rotatable bonds is 9. The average molecular weight is 426 g/mol. The Kier molecular flexibility index (Phi) is 8.42. The molecule has 0 unspecified atom stereocenters. The van der Waals surface area contributed by atoms with Gasteiger partial charge in [-0.15, -0.1) is 0 Å². The Balaban J connectivity index is 2.05. The zero-order chi connectivity index (χ0) is 20.7. The standard InChI is InChI=1S/C21H26Cl2N2O3/c1-5-27-19-10-7-15(11-20(19)28-6-2)13(3)24-14(4)21(26)25-18-9-8-16(22)12-17(18)23/h7-14,24H,5-6H2,1-4H3,(H,25,26)/p+1/t13-,14+/m0/s1. The zero-order valence-corrected chi connectivity index (χ0v) is 18.1. The third-order valence-corrected chi connectivity index (χ3v) is 4.82. The lowest BCUT2D eigenvalue weighted by atomic mass is 10.1. The lowest BCUT2D eigenvalue weighted by Gasteiger charge is -2.19. The maximum atomic E-state index is 12.5. The smallest absolute Gasteiger partial charge is 0.282 e. The second-order valence-corrected chi connectivity index (χ2v) is 7.30. The largest absolute Gasteiger partial charge is 0.490 e. The molecule has 2 rings (SSSR count). The van der Waals surface area contributed by atoms with Gasteiger partial charge in [0.1, 0.15) is 6.04 Å². The number of anilines is 1. The van der Waals surface area contributed by atoms with Gasteiger partial charge in [0, 0.05) is 10.6 Å². The van der Waals surface area contributed by atoms with E-state index in [1.54, 1.807) is 18.2 Å². The minimum Gasteiger partial charge on any atom is -0.490 e. The molecular weight excluding hydrogens is 399 g/mol. The van der Waals surface area contributed by atoms with Gasteiger partial charge >= 0.3 is 0 Å². The van der Waals surface area contributed by atoms with Crippen LogP contribution >= 0.6 is 23.2 Å². The van der Waals surface area contributed by atoms with E-state index in [0.717, 1.165) is 11.3 Å². The molecule has 0 saturated heterocycles. The molecule has 0 bridgehead atoms. The van der Waals surface area contributed by atoms with Crippen molar-refractivity contribution < 1.29 is 19.6 Å². The van der Waals surface area contributed by atoms with Gasteiger partial charge in [0.15, 0.2) is 17.5 Å². The molecule has 2 aromatic rings. The Morgan fingerprint density at radius 1 is 1.04 bits per heavy atom. The number of amides is 1. The van der Waals surface area contributed by atoms with Crippen LogP contribution in [-0.2, 0) is 4.79 Å². The summed E-state index contributed by atoms with van der Waals surface area (Å²) in [6.45, 7) is 8.91. The summed E-state index contributed by atoms with van der Waals surface area (Å²) in [4.78, 5) is 12.5. The van der Waals surface area contributed by atoms with Crippen molar-refractivity contribution in [3.8, 4) is 11.5 Å². The molecule has 2 atom stereocenters. The molecule has 0 aromatic heterocycles. The Labute approximate surface area is 176 Å². The summed E-state index contributed by atoms with van der Waals surface area (Å²) in [7, 11) is 0. The van der Waals surface area contributed by atoms with Gasteiger partial charge in [-0.25, -0.2) is 0 Å². The van der Waals surface area contributed by atoms with Crippen molar-refractivity contribution in [1.29, 1.82) is 0 Å². The SMILES string of the molecule is CCOc1ccc([C@H](C)[NH2+][C@H](C)C(=O)Nc2ccc(Cl)cc2Cl)cc1OCC. The van der Waals surface area contributed by atoms with Crippen LogP contribution in [0.3, 0.4) is 0 Å². The molecule has 0 saturated carbocycles. The van der Waals surface area contributed by atoms with E-state index < -0.39 is 0 Å². The van der Waals surface area contributed by atoms with Crippen molar-refractivity contribution in [2.45, 2.75) is 39.8 Å². The van der Waals surface area contributed by atoms with E-state index in [1.807, 2.05) is 51.2 Å². The summed E-state index contributed by atoms with van der Waals surface area (Å²) in [5.74, 6) is 1.31. The highest BCUT2D eigenvalue weighted by molar-refractivity contribution is 6.36. The summed E-state index contributed by atoms with van der Waals surface area (Å²) >= 11 is 12.0. The average Bonchev–Trinajstić information content (AvgIpc) is 2.65. The maximum absolute atomic E-state index is 12.5. The Morgan fingerprint density at radius 3 is 2.36 bits per heavy atom. The number of hydrogen-bond donors (Lipinski definition) is 2. The molecular formula is C21H27Cl2N2O3+. The van der Waals surface area contributed by atoms with E-state index in [1.165, 1.54) is 0 Å². The highest BCUT2D eigenvalue weighted by Crippen LogP contribution is 2.30. The summed E-state index contributed by atoms with van der Waals surface area (Å²) in [6.07, 6.45) is 0. The molecule has 0 aliphatic rings. The molecule has 28 heavy (non-hydrogen) atoms. The fourth-order valence-electron chi connectivity index (χ4n) is 2.82. The number of hydrogen-bond acceptors (Lipinski definition) is 3. The molecule has 152 valence electrons. The van der Waals surface area contributed by atoms with Crippen LogP contribution in [0.5, 0.6) is 11.5 Å². The van der Waals surface area contributed by atoms with Gasteiger partial charge < -0.3 is 20.1 Å². The predicted molar refractivity (Wildman–Crippen MR) is 114 cm³/mol. The van der Waals surface area contributed by atoms with E-state index in [9.17, 15) is 4.79 Å². The Bertz CT molecular complexity index is 814. The van der Waals surface area contributed by atoms with Gasteiger partial charge in [-0.05, 0) is 64.1 Å². The van der Waals surface area contributed by atoms with Crippen LogP contribution in [0.15, 0.2) is 36.4 Å². The van der Waals surface area contributed by atoms with Gasteiger partial charge in [-0.1, -0.05) is 23.2 Å². The molecule has 0 heterocycles. The van der Waals surface area contributed by atoms with Crippen LogP contribution in [0, 0.1) is 0 Å². The molecule has 0 spiro atoms. The van der Waals surface area contributed by atoms with Gasteiger partial charge in [0.2, 0.25) is 0 Å². The summed E-state index contributed by atoms with van der Waals surface area (Å²) in [5.41, 5.74) is 1.60. The number of ether oxygens (including phenoxy) is 2. The van der Waals surface area contributed by atoms with E-state index in [-0.39, 0.29) is 18.0 Å². The monoisotopic (exact) mass is 425 g/mol. The van der Waals surface area contributed by atoms with Crippen molar-refractivity contribution in [2.75, 3.05) is 18.5 Å². The number of carbonyl (C=O) groups excluding carboxylic acids is 1. The first-order valence-corrected chi connectivity index (χ1v) is 10.1. The minimum absolute atomic E-state index is 0.0522. The van der Waals surface area contributed by atoms with Crippen molar-refractivity contribution in [1.82, 2.24) is 0 Å². The number of benzene rings is 2. The minimum atomic E-state index is -0.316. The molecule has 0 fully saturated rings. The predicted octanol–water partition coefficient (Wildman–Crippen LogP) is 4.44. The molecule has 7 heteroatoms. The number of carbonyl (C=O) groups is 1. The lowest BCUT2D eigenvalue weighted by Crippen LogP contribution is -2.91. The fraction of sp³-hybridized carbons (Fsp3) is 0.381. The normalized spacial score (nSPS) is 12.9. The van der Waals surface area contributed by atoms with Gasteiger partial charge in [-0.2, -0.15) is 0 Å². The quantitative estimate of drug-likeness (QED) is 0.623. The first-order valence-electron chi connectivity index (χ1n) is 9.36. The molecule has 2 aromatic carbocycles.